The van der Waals surface area contributed by atoms with Crippen LogP contribution in [0.5, 0.6) is 0 Å². The van der Waals surface area contributed by atoms with Crippen LogP contribution >= 0.6 is 11.6 Å². The highest BCUT2D eigenvalue weighted by atomic mass is 35.5. The quantitative estimate of drug-likeness (QED) is 0.697. The standard InChI is InChI=1S/C11H8ClN3O/c1-5-8(12)3-2-6-9(5)13-4-7-10(6)14-15-11(7)16/h2-4,9,13H,1H3. The molecule has 2 heterocycles. The summed E-state index contributed by atoms with van der Waals surface area (Å²) in [6, 6.07) is 0.00102. The largest absolute Gasteiger partial charge is 0.379 e. The summed E-state index contributed by atoms with van der Waals surface area (Å²) in [6.07, 6.45) is 5.37. The van der Waals surface area contributed by atoms with E-state index in [9.17, 15) is 4.79 Å². The van der Waals surface area contributed by atoms with Crippen molar-refractivity contribution in [1.82, 2.24) is 5.32 Å². The van der Waals surface area contributed by atoms with E-state index in [4.69, 9.17) is 11.6 Å². The van der Waals surface area contributed by atoms with Gasteiger partial charge in [-0.3, -0.25) is 4.79 Å². The van der Waals surface area contributed by atoms with Crippen molar-refractivity contribution in [2.24, 2.45) is 10.2 Å². The normalized spacial score (nSPS) is 26.8. The molecule has 1 atom stereocenters. The van der Waals surface area contributed by atoms with E-state index < -0.39 is 0 Å². The minimum absolute atomic E-state index is 0.00102. The Bertz CT molecular complexity index is 552. The van der Waals surface area contributed by atoms with Gasteiger partial charge in [0.05, 0.1) is 11.6 Å². The maximum atomic E-state index is 11.4. The third-order valence-electron chi connectivity index (χ3n) is 2.92. The molecule has 3 aliphatic rings. The topological polar surface area (TPSA) is 53.8 Å². The molecule has 0 saturated heterocycles. The molecule has 1 unspecified atom stereocenters. The number of fused-ring (bicyclic) bond motifs is 2. The zero-order valence-electron chi connectivity index (χ0n) is 8.49. The van der Waals surface area contributed by atoms with E-state index in [1.54, 1.807) is 6.20 Å². The fraction of sp³-hybridized carbons (Fsp3) is 0.182. The summed E-state index contributed by atoms with van der Waals surface area (Å²) < 4.78 is 0. The molecule has 4 nitrogen and oxygen atoms in total. The van der Waals surface area contributed by atoms with E-state index in [1.807, 2.05) is 19.1 Å². The average molecular weight is 234 g/mol. The van der Waals surface area contributed by atoms with E-state index in [1.165, 1.54) is 0 Å². The molecule has 0 fully saturated rings. The first kappa shape index (κ1) is 9.54. The molecule has 5 heteroatoms. The Morgan fingerprint density at radius 3 is 3.00 bits per heavy atom. The van der Waals surface area contributed by atoms with Crippen molar-refractivity contribution >= 4 is 17.5 Å². The molecular weight excluding hydrogens is 226 g/mol. The number of hydrogen-bond acceptors (Lipinski definition) is 3. The number of carbonyl (C=O) groups excluding carboxylic acids is 1. The summed E-state index contributed by atoms with van der Waals surface area (Å²) in [6.45, 7) is 1.96. The van der Waals surface area contributed by atoms with Gasteiger partial charge in [-0.1, -0.05) is 17.7 Å². The number of carbonyl (C=O) groups is 1. The van der Waals surface area contributed by atoms with Gasteiger partial charge in [0.15, 0.2) is 0 Å². The predicted octanol–water partition coefficient (Wildman–Crippen LogP) is 2.17. The van der Waals surface area contributed by atoms with Crippen LogP contribution in [-0.4, -0.2) is 11.9 Å². The van der Waals surface area contributed by atoms with Crippen LogP contribution < -0.4 is 5.32 Å². The Morgan fingerprint density at radius 2 is 2.19 bits per heavy atom. The summed E-state index contributed by atoms with van der Waals surface area (Å²) >= 11 is 6.05. The van der Waals surface area contributed by atoms with Gasteiger partial charge in [-0.25, -0.2) is 0 Å². The van der Waals surface area contributed by atoms with Crippen LogP contribution in [0.1, 0.15) is 6.92 Å². The number of halogens is 1. The van der Waals surface area contributed by atoms with Crippen LogP contribution in [0.2, 0.25) is 0 Å². The van der Waals surface area contributed by atoms with Crippen molar-refractivity contribution in [1.29, 1.82) is 0 Å². The zero-order valence-corrected chi connectivity index (χ0v) is 9.25. The lowest BCUT2D eigenvalue weighted by molar-refractivity contribution is -0.114. The second kappa shape index (κ2) is 3.15. The predicted molar refractivity (Wildman–Crippen MR) is 59.6 cm³/mol. The monoisotopic (exact) mass is 233 g/mol. The Hall–Kier alpha value is -1.68. The van der Waals surface area contributed by atoms with Gasteiger partial charge in [0.1, 0.15) is 5.70 Å². The van der Waals surface area contributed by atoms with Gasteiger partial charge in [0, 0.05) is 16.8 Å². The van der Waals surface area contributed by atoms with Crippen molar-refractivity contribution < 1.29 is 4.79 Å². The first-order chi connectivity index (χ1) is 7.68. The van der Waals surface area contributed by atoms with Crippen LogP contribution in [0.4, 0.5) is 0 Å². The molecule has 2 aliphatic heterocycles. The van der Waals surface area contributed by atoms with E-state index in [0.717, 1.165) is 16.2 Å². The van der Waals surface area contributed by atoms with Crippen LogP contribution in [-0.2, 0) is 4.79 Å². The van der Waals surface area contributed by atoms with Crippen molar-refractivity contribution in [3.05, 3.63) is 45.8 Å². The van der Waals surface area contributed by atoms with Crippen molar-refractivity contribution in [2.45, 2.75) is 13.0 Å². The molecule has 0 spiro atoms. The van der Waals surface area contributed by atoms with Gasteiger partial charge >= 0.3 is 0 Å². The van der Waals surface area contributed by atoms with Crippen LogP contribution in [0.15, 0.2) is 56.0 Å². The molecule has 0 aromatic rings. The highest BCUT2D eigenvalue weighted by Gasteiger charge is 2.32. The number of allylic oxidation sites excluding steroid dienone is 2. The second-order valence-corrected chi connectivity index (χ2v) is 4.24. The first-order valence-corrected chi connectivity index (χ1v) is 5.27. The third-order valence-corrected chi connectivity index (χ3v) is 3.35. The smallest absolute Gasteiger partial charge is 0.299 e. The van der Waals surface area contributed by atoms with Gasteiger partial charge in [-0.05, 0) is 18.6 Å². The summed E-state index contributed by atoms with van der Waals surface area (Å²) in [5.41, 5.74) is 3.17. The molecule has 1 amide bonds. The molecule has 1 aliphatic carbocycles. The molecule has 0 aromatic heterocycles. The van der Waals surface area contributed by atoms with E-state index in [-0.39, 0.29) is 11.9 Å². The SMILES string of the molecule is CC1=C(Cl)C=CC2=C3N=NC(=O)C3=CNC12. The molecule has 0 radical (unpaired) electrons. The minimum atomic E-state index is -0.292. The number of nitrogens with one attached hydrogen (secondary N) is 1. The maximum absolute atomic E-state index is 11.4. The van der Waals surface area contributed by atoms with Crippen molar-refractivity contribution in [3.8, 4) is 0 Å². The Labute approximate surface area is 97.1 Å². The zero-order chi connectivity index (χ0) is 11.3. The Balaban J connectivity index is 2.16. The lowest BCUT2D eigenvalue weighted by atomic mass is 9.89. The molecule has 16 heavy (non-hydrogen) atoms. The molecule has 80 valence electrons. The Kier molecular flexibility index (Phi) is 1.88. The minimum Gasteiger partial charge on any atom is -0.379 e. The average Bonchev–Trinajstić information content (AvgIpc) is 2.66. The van der Waals surface area contributed by atoms with Crippen LogP contribution in [0, 0.1) is 0 Å². The number of azo groups is 1. The van der Waals surface area contributed by atoms with Gasteiger partial charge in [-0.15, -0.1) is 10.2 Å². The third kappa shape index (κ3) is 1.13. The number of amides is 1. The van der Waals surface area contributed by atoms with Gasteiger partial charge < -0.3 is 5.32 Å². The number of rotatable bonds is 0. The molecule has 0 bridgehead atoms. The van der Waals surface area contributed by atoms with Crippen LogP contribution in [0.25, 0.3) is 0 Å². The molecule has 0 aromatic carbocycles. The summed E-state index contributed by atoms with van der Waals surface area (Å²) in [5.74, 6) is -0.292. The van der Waals surface area contributed by atoms with E-state index in [0.29, 0.717) is 11.3 Å². The van der Waals surface area contributed by atoms with E-state index in [2.05, 4.69) is 15.5 Å². The van der Waals surface area contributed by atoms with Gasteiger partial charge in [-0.2, -0.15) is 0 Å². The number of dihydropyridines is 1. The first-order valence-electron chi connectivity index (χ1n) is 4.89. The summed E-state index contributed by atoms with van der Waals surface area (Å²) in [4.78, 5) is 11.4. The lowest BCUT2D eigenvalue weighted by Gasteiger charge is -2.27. The summed E-state index contributed by atoms with van der Waals surface area (Å²) in [7, 11) is 0. The number of nitrogens with zero attached hydrogens (tertiary/aromatic N) is 2. The van der Waals surface area contributed by atoms with Crippen LogP contribution in [0.3, 0.4) is 0 Å². The van der Waals surface area contributed by atoms with Gasteiger partial charge in [0.2, 0.25) is 0 Å². The molecule has 0 saturated carbocycles. The molecule has 1 N–H and O–H groups in total. The Morgan fingerprint density at radius 1 is 1.38 bits per heavy atom. The highest BCUT2D eigenvalue weighted by Crippen LogP contribution is 2.35. The maximum Gasteiger partial charge on any atom is 0.299 e. The lowest BCUT2D eigenvalue weighted by Crippen LogP contribution is -2.33. The van der Waals surface area contributed by atoms with E-state index >= 15 is 0 Å². The second-order valence-electron chi connectivity index (χ2n) is 3.83. The fourth-order valence-corrected chi connectivity index (χ4v) is 2.18. The fourth-order valence-electron chi connectivity index (χ4n) is 2.01. The van der Waals surface area contributed by atoms with Gasteiger partial charge in [0.25, 0.3) is 5.91 Å². The van der Waals surface area contributed by atoms with Crippen molar-refractivity contribution in [3.63, 3.8) is 0 Å². The molecular formula is C11H8ClN3O. The van der Waals surface area contributed by atoms with Crippen molar-refractivity contribution in [2.75, 3.05) is 0 Å². The molecule has 3 rings (SSSR count). The summed E-state index contributed by atoms with van der Waals surface area (Å²) in [5, 5.41) is 11.3. The highest BCUT2D eigenvalue weighted by molar-refractivity contribution is 6.31. The number of hydrogen-bond donors (Lipinski definition) is 1.